The summed E-state index contributed by atoms with van der Waals surface area (Å²) in [6.07, 6.45) is 4.32. The van der Waals surface area contributed by atoms with Gasteiger partial charge in [0.1, 0.15) is 17.9 Å². The molecular formula is C27H23FN6O. The van der Waals surface area contributed by atoms with Crippen molar-refractivity contribution in [2.75, 3.05) is 12.4 Å². The summed E-state index contributed by atoms with van der Waals surface area (Å²) in [6.45, 7) is 0. The molecule has 35 heavy (non-hydrogen) atoms. The molecule has 8 heteroatoms. The van der Waals surface area contributed by atoms with Gasteiger partial charge in [-0.05, 0) is 60.5 Å². The number of halogens is 1. The molecule has 2 unspecified atom stereocenters. The quantitative estimate of drug-likeness (QED) is 0.374. The van der Waals surface area contributed by atoms with Crippen LogP contribution in [0, 0.1) is 5.82 Å². The number of nitrogens with zero attached hydrogens (tertiary/aromatic N) is 5. The molecule has 0 bridgehead atoms. The number of aromatic nitrogens is 5. The summed E-state index contributed by atoms with van der Waals surface area (Å²) < 4.78 is 22.7. The molecular weight excluding hydrogens is 443 g/mol. The molecule has 7 nitrogen and oxygen atoms in total. The van der Waals surface area contributed by atoms with E-state index in [4.69, 9.17) is 9.84 Å². The predicted octanol–water partition coefficient (Wildman–Crippen LogP) is 5.42. The van der Waals surface area contributed by atoms with E-state index in [-0.39, 0.29) is 17.9 Å². The van der Waals surface area contributed by atoms with E-state index in [0.717, 1.165) is 33.8 Å². The highest BCUT2D eigenvalue weighted by atomic mass is 19.1. The Morgan fingerprint density at radius 2 is 1.74 bits per heavy atom. The van der Waals surface area contributed by atoms with E-state index in [1.807, 2.05) is 76.1 Å². The highest BCUT2D eigenvalue weighted by Crippen LogP contribution is 2.41. The van der Waals surface area contributed by atoms with Crippen LogP contribution in [-0.2, 0) is 0 Å². The zero-order valence-electron chi connectivity index (χ0n) is 19.0. The topological polar surface area (TPSA) is 69.8 Å². The molecule has 6 rings (SSSR count). The first-order valence-electron chi connectivity index (χ1n) is 11.4. The van der Waals surface area contributed by atoms with Gasteiger partial charge in [-0.25, -0.2) is 13.8 Å². The fourth-order valence-corrected chi connectivity index (χ4v) is 4.61. The van der Waals surface area contributed by atoms with Gasteiger partial charge in [0.05, 0.1) is 30.6 Å². The van der Waals surface area contributed by atoms with Crippen molar-refractivity contribution < 1.29 is 9.13 Å². The Hall–Kier alpha value is -4.46. The maximum atomic E-state index is 13.6. The van der Waals surface area contributed by atoms with E-state index in [1.54, 1.807) is 13.4 Å². The van der Waals surface area contributed by atoms with Crippen LogP contribution in [0.2, 0.25) is 0 Å². The number of ether oxygens (including phenoxy) is 1. The molecule has 1 aliphatic rings. The summed E-state index contributed by atoms with van der Waals surface area (Å²) in [4.78, 5) is 4.44. The molecule has 174 valence electrons. The van der Waals surface area contributed by atoms with Crippen LogP contribution >= 0.6 is 0 Å². The molecule has 0 radical (unpaired) electrons. The SMILES string of the molecule is COc1ccc(-c2nn(-c3ccccc3)cc2C2CC(c3ccc(F)cc3)Nc3ncnn32)cc1. The van der Waals surface area contributed by atoms with Crippen molar-refractivity contribution in [3.63, 3.8) is 0 Å². The molecule has 2 atom stereocenters. The summed E-state index contributed by atoms with van der Waals surface area (Å²) in [5.41, 5.74) is 4.83. The minimum atomic E-state index is -0.254. The Bertz CT molecular complexity index is 1440. The summed E-state index contributed by atoms with van der Waals surface area (Å²) in [5, 5.41) is 13.0. The molecule has 2 aromatic heterocycles. The first kappa shape index (κ1) is 21.1. The highest BCUT2D eigenvalue weighted by Gasteiger charge is 2.33. The number of hydrogen-bond acceptors (Lipinski definition) is 5. The summed E-state index contributed by atoms with van der Waals surface area (Å²) in [6, 6.07) is 24.4. The Morgan fingerprint density at radius 1 is 0.971 bits per heavy atom. The second kappa shape index (κ2) is 8.72. The molecule has 0 aliphatic carbocycles. The third kappa shape index (κ3) is 3.93. The van der Waals surface area contributed by atoms with Gasteiger partial charge < -0.3 is 10.1 Å². The molecule has 1 N–H and O–H groups in total. The van der Waals surface area contributed by atoms with E-state index in [2.05, 4.69) is 21.6 Å². The first-order chi connectivity index (χ1) is 17.2. The maximum absolute atomic E-state index is 13.6. The number of rotatable bonds is 5. The fraction of sp³-hybridized carbons (Fsp3) is 0.148. The number of fused-ring (bicyclic) bond motifs is 1. The number of hydrogen-bond donors (Lipinski definition) is 1. The van der Waals surface area contributed by atoms with E-state index < -0.39 is 0 Å². The lowest BCUT2D eigenvalue weighted by Crippen LogP contribution is -2.28. The smallest absolute Gasteiger partial charge is 0.222 e. The van der Waals surface area contributed by atoms with Gasteiger partial charge in [-0.1, -0.05) is 30.3 Å². The molecule has 3 aromatic carbocycles. The summed E-state index contributed by atoms with van der Waals surface area (Å²) in [7, 11) is 1.65. The lowest BCUT2D eigenvalue weighted by Gasteiger charge is -2.31. The molecule has 3 heterocycles. The van der Waals surface area contributed by atoms with Gasteiger partial charge in [0.2, 0.25) is 5.95 Å². The van der Waals surface area contributed by atoms with Crippen LogP contribution in [0.1, 0.15) is 29.6 Å². The van der Waals surface area contributed by atoms with Gasteiger partial charge in [0.25, 0.3) is 0 Å². The minimum absolute atomic E-state index is 0.0545. The number of nitrogens with one attached hydrogen (secondary N) is 1. The van der Waals surface area contributed by atoms with Gasteiger partial charge in [0.15, 0.2) is 0 Å². The number of methoxy groups -OCH3 is 1. The number of anilines is 1. The Balaban J connectivity index is 1.48. The number of benzene rings is 3. The monoisotopic (exact) mass is 466 g/mol. The summed E-state index contributed by atoms with van der Waals surface area (Å²) >= 11 is 0. The zero-order chi connectivity index (χ0) is 23.8. The molecule has 0 fully saturated rings. The third-order valence-corrected chi connectivity index (χ3v) is 6.39. The van der Waals surface area contributed by atoms with Crippen molar-refractivity contribution in [1.29, 1.82) is 0 Å². The van der Waals surface area contributed by atoms with Crippen molar-refractivity contribution in [2.24, 2.45) is 0 Å². The largest absolute Gasteiger partial charge is 0.497 e. The Labute approximate surface area is 201 Å². The molecule has 0 spiro atoms. The normalized spacial score (nSPS) is 17.0. The Kier molecular flexibility index (Phi) is 5.25. The van der Waals surface area contributed by atoms with Gasteiger partial charge in [-0.3, -0.25) is 0 Å². The average molecular weight is 467 g/mol. The van der Waals surface area contributed by atoms with E-state index in [1.165, 1.54) is 12.1 Å². The van der Waals surface area contributed by atoms with E-state index in [0.29, 0.717) is 12.4 Å². The van der Waals surface area contributed by atoms with E-state index in [9.17, 15) is 4.39 Å². The van der Waals surface area contributed by atoms with Crippen molar-refractivity contribution in [3.05, 3.63) is 108 Å². The minimum Gasteiger partial charge on any atom is -0.497 e. The molecule has 0 amide bonds. The Morgan fingerprint density at radius 3 is 2.49 bits per heavy atom. The second-order valence-corrected chi connectivity index (χ2v) is 8.47. The lowest BCUT2D eigenvalue weighted by atomic mass is 9.92. The van der Waals surface area contributed by atoms with Crippen LogP contribution in [0.25, 0.3) is 16.9 Å². The van der Waals surface area contributed by atoms with Crippen LogP contribution in [0.5, 0.6) is 5.75 Å². The van der Waals surface area contributed by atoms with Crippen LogP contribution in [0.15, 0.2) is 91.4 Å². The van der Waals surface area contributed by atoms with Gasteiger partial charge >= 0.3 is 0 Å². The van der Waals surface area contributed by atoms with Crippen LogP contribution in [0.4, 0.5) is 10.3 Å². The molecule has 1 aliphatic heterocycles. The maximum Gasteiger partial charge on any atom is 0.222 e. The fourth-order valence-electron chi connectivity index (χ4n) is 4.61. The van der Waals surface area contributed by atoms with Gasteiger partial charge in [0, 0.05) is 17.3 Å². The van der Waals surface area contributed by atoms with Crippen LogP contribution < -0.4 is 10.1 Å². The summed E-state index contributed by atoms with van der Waals surface area (Å²) in [5.74, 6) is 1.20. The first-order valence-corrected chi connectivity index (χ1v) is 11.4. The van der Waals surface area contributed by atoms with E-state index >= 15 is 0 Å². The lowest BCUT2D eigenvalue weighted by molar-refractivity contribution is 0.415. The molecule has 0 saturated carbocycles. The number of para-hydroxylation sites is 1. The standard InChI is InChI=1S/C27H23FN6O/c1-35-22-13-9-19(10-14-22)26-23(16-33(32-26)21-5-3-2-4-6-21)25-15-24(18-7-11-20(28)12-8-18)31-27-29-17-30-34(25)27/h2-14,16-17,24-25H,15H2,1H3,(H,29,30,31). The predicted molar refractivity (Wildman–Crippen MR) is 131 cm³/mol. The second-order valence-electron chi connectivity index (χ2n) is 8.47. The van der Waals surface area contributed by atoms with Crippen molar-refractivity contribution >= 4 is 5.95 Å². The van der Waals surface area contributed by atoms with Gasteiger partial charge in [-0.15, -0.1) is 0 Å². The van der Waals surface area contributed by atoms with Crippen LogP contribution in [-0.4, -0.2) is 31.7 Å². The third-order valence-electron chi connectivity index (χ3n) is 6.39. The molecule has 0 saturated heterocycles. The van der Waals surface area contributed by atoms with Crippen molar-refractivity contribution in [1.82, 2.24) is 24.5 Å². The zero-order valence-corrected chi connectivity index (χ0v) is 19.0. The van der Waals surface area contributed by atoms with Crippen molar-refractivity contribution in [2.45, 2.75) is 18.5 Å². The molecule has 5 aromatic rings. The average Bonchev–Trinajstić information content (AvgIpc) is 3.57. The van der Waals surface area contributed by atoms with Gasteiger partial charge in [-0.2, -0.15) is 15.2 Å². The van der Waals surface area contributed by atoms with Crippen molar-refractivity contribution in [3.8, 4) is 22.7 Å². The highest BCUT2D eigenvalue weighted by molar-refractivity contribution is 5.65. The van der Waals surface area contributed by atoms with Crippen LogP contribution in [0.3, 0.4) is 0 Å².